The molecule has 0 amide bonds. The summed E-state index contributed by atoms with van der Waals surface area (Å²) in [6.45, 7) is -1.53. The predicted molar refractivity (Wildman–Crippen MR) is 135 cm³/mol. The summed E-state index contributed by atoms with van der Waals surface area (Å²) in [6, 6.07) is 2.72. The number of phenols is 3. The van der Waals surface area contributed by atoms with Crippen molar-refractivity contribution in [1.82, 2.24) is 0 Å². The molecule has 3 aromatic rings. The number of aliphatic hydroxyl groups is 8. The number of aliphatic hydroxyl groups excluding tert-OH is 8. The van der Waals surface area contributed by atoms with Gasteiger partial charge in [0.05, 0.1) is 18.6 Å². The Hall–Kier alpha value is -3.53. The van der Waals surface area contributed by atoms with Gasteiger partial charge in [0.15, 0.2) is 17.2 Å². The summed E-state index contributed by atoms with van der Waals surface area (Å²) in [6.07, 6.45) is -17.1. The Morgan fingerprint density at radius 1 is 0.698 bits per heavy atom. The summed E-state index contributed by atoms with van der Waals surface area (Å²) in [7, 11) is 0. The molecule has 3 heterocycles. The summed E-state index contributed by atoms with van der Waals surface area (Å²) in [4.78, 5) is 23.4. The second-order valence-electron chi connectivity index (χ2n) is 9.89. The number of phenolic OH excluding ortho intramolecular Hbond substituents is 3. The van der Waals surface area contributed by atoms with E-state index in [4.69, 9.17) is 28.4 Å². The molecular weight excluding hydrogens is 588 g/mol. The van der Waals surface area contributed by atoms with Crippen molar-refractivity contribution < 1.29 is 84.6 Å². The third-order valence-electron chi connectivity index (χ3n) is 7.12. The molecule has 0 radical (unpaired) electrons. The highest BCUT2D eigenvalue weighted by Gasteiger charge is 2.46. The van der Waals surface area contributed by atoms with Crippen LogP contribution in [0.2, 0.25) is 0 Å². The molecule has 0 aliphatic carbocycles. The Morgan fingerprint density at radius 2 is 1.26 bits per heavy atom. The molecule has 5 rings (SSSR count). The smallest absolute Gasteiger partial charge is 0.232 e. The van der Waals surface area contributed by atoms with Crippen LogP contribution < -0.4 is 15.1 Å². The monoisotopic (exact) mass is 616 g/mol. The number of hydrogen-bond donors (Lipinski definition) is 11. The van der Waals surface area contributed by atoms with Crippen LogP contribution in [0.1, 0.15) is 0 Å². The van der Waals surface area contributed by atoms with Crippen molar-refractivity contribution in [3.05, 3.63) is 28.4 Å². The van der Waals surface area contributed by atoms with Crippen molar-refractivity contribution in [3.63, 3.8) is 0 Å². The van der Waals surface area contributed by atoms with Gasteiger partial charge in [-0.3, -0.25) is 4.79 Å². The number of rotatable bonds is 7. The fourth-order valence-electron chi connectivity index (χ4n) is 4.69. The molecule has 2 saturated heterocycles. The highest BCUT2D eigenvalue weighted by Crippen LogP contribution is 2.44. The highest BCUT2D eigenvalue weighted by atomic mass is 17.2. The third kappa shape index (κ3) is 5.39. The fourth-order valence-corrected chi connectivity index (χ4v) is 4.69. The van der Waals surface area contributed by atoms with Crippen molar-refractivity contribution in [2.45, 2.75) is 61.4 Å². The minimum Gasteiger partial charge on any atom is -0.504 e. The molecule has 2 aromatic carbocycles. The van der Waals surface area contributed by atoms with Crippen LogP contribution in [-0.2, 0) is 14.4 Å². The van der Waals surface area contributed by atoms with Crippen LogP contribution in [0.25, 0.3) is 21.9 Å². The summed E-state index contributed by atoms with van der Waals surface area (Å²) in [5.41, 5.74) is -1.58. The van der Waals surface area contributed by atoms with E-state index in [0.717, 1.165) is 18.2 Å². The van der Waals surface area contributed by atoms with Gasteiger partial charge >= 0.3 is 0 Å². The van der Waals surface area contributed by atoms with Gasteiger partial charge < -0.3 is 79.7 Å². The molecule has 1 aromatic heterocycles. The first-order valence-electron chi connectivity index (χ1n) is 12.7. The van der Waals surface area contributed by atoms with Gasteiger partial charge in [-0.25, -0.2) is 0 Å². The minimum absolute atomic E-state index is 0.253. The van der Waals surface area contributed by atoms with E-state index in [2.05, 4.69) is 0 Å². The van der Waals surface area contributed by atoms with Crippen LogP contribution in [-0.4, -0.2) is 131 Å². The normalized spacial score (nSPS) is 33.1. The zero-order valence-electron chi connectivity index (χ0n) is 21.7. The maximum absolute atomic E-state index is 13.4. The van der Waals surface area contributed by atoms with Crippen molar-refractivity contribution in [2.75, 3.05) is 13.2 Å². The number of hydrogen-bond acceptors (Lipinski definition) is 18. The molecule has 236 valence electrons. The van der Waals surface area contributed by atoms with Gasteiger partial charge in [0.25, 0.3) is 0 Å². The Labute approximate surface area is 238 Å². The van der Waals surface area contributed by atoms with Gasteiger partial charge in [-0.05, 0) is 0 Å². The molecule has 11 N–H and O–H groups in total. The summed E-state index contributed by atoms with van der Waals surface area (Å²) < 4.78 is 21.2. The largest absolute Gasteiger partial charge is 0.504 e. The summed E-state index contributed by atoms with van der Waals surface area (Å²) in [5, 5.41) is 110. The maximum atomic E-state index is 13.4. The van der Waals surface area contributed by atoms with Crippen LogP contribution in [0.15, 0.2) is 27.4 Å². The standard InChI is InChI=1S/C25H28O18/c26-4-12-16(31)19(34)21(36)24(39-12)41-23-8(29)3-11-14(18(23)33)15(30)6-1-10(7(28)2-9(6)38-11)42-43-25-22(37)20(35)17(32)13(5-27)40-25/h1-3,12-13,16-17,19-22,24-29,31-37H,4-5H2/t12-,13-,16-,17-,19+,20+,21-,22-,24+,25+/m1/s1. The van der Waals surface area contributed by atoms with Crippen molar-refractivity contribution in [2.24, 2.45) is 0 Å². The molecule has 43 heavy (non-hydrogen) atoms. The molecule has 0 unspecified atom stereocenters. The molecule has 10 atom stereocenters. The number of benzene rings is 2. The Balaban J connectivity index is 1.47. The molecule has 18 nitrogen and oxygen atoms in total. The van der Waals surface area contributed by atoms with E-state index >= 15 is 0 Å². The van der Waals surface area contributed by atoms with Gasteiger partial charge in [-0.1, -0.05) is 0 Å². The molecule has 0 bridgehead atoms. The first-order valence-corrected chi connectivity index (χ1v) is 12.7. The Bertz CT molecular complexity index is 1540. The van der Waals surface area contributed by atoms with Crippen LogP contribution in [0.5, 0.6) is 28.7 Å². The lowest BCUT2D eigenvalue weighted by molar-refractivity contribution is -0.387. The SMILES string of the molecule is O=c1c2cc(OO[C@@H]3O[C@H](CO)[C@@H](O)[C@H](O)[C@H]3O)c(O)cc2oc2cc(O)c(O[C@@H]3O[C@H](CO)[C@@H](O)[C@H](O)[C@H]3O)c(O)c12. The van der Waals surface area contributed by atoms with Crippen molar-refractivity contribution in [3.8, 4) is 28.7 Å². The van der Waals surface area contributed by atoms with E-state index in [1.165, 1.54) is 0 Å². The molecule has 0 saturated carbocycles. The molecule has 2 aliphatic rings. The minimum atomic E-state index is -1.91. The second-order valence-corrected chi connectivity index (χ2v) is 9.89. The van der Waals surface area contributed by atoms with Crippen LogP contribution in [0.3, 0.4) is 0 Å². The van der Waals surface area contributed by atoms with Gasteiger partial charge in [0, 0.05) is 18.2 Å². The first-order chi connectivity index (χ1) is 20.4. The maximum Gasteiger partial charge on any atom is 0.232 e. The average molecular weight is 616 g/mol. The summed E-state index contributed by atoms with van der Waals surface area (Å²) >= 11 is 0. The molecule has 0 spiro atoms. The predicted octanol–water partition coefficient (Wildman–Crippen LogP) is -3.65. The van der Waals surface area contributed by atoms with Gasteiger partial charge in [0.2, 0.25) is 29.5 Å². The van der Waals surface area contributed by atoms with Gasteiger partial charge in [-0.15, -0.1) is 0 Å². The van der Waals surface area contributed by atoms with Crippen LogP contribution >= 0.6 is 0 Å². The average Bonchev–Trinajstić information content (AvgIpc) is 2.97. The number of ether oxygens (including phenoxy) is 3. The number of aromatic hydroxyl groups is 3. The Kier molecular flexibility index (Phi) is 8.53. The quantitative estimate of drug-likeness (QED) is 0.0692. The zero-order valence-corrected chi connectivity index (χ0v) is 21.7. The first kappa shape index (κ1) is 30.9. The van der Waals surface area contributed by atoms with E-state index < -0.39 is 114 Å². The highest BCUT2D eigenvalue weighted by molar-refractivity contribution is 5.96. The van der Waals surface area contributed by atoms with E-state index in [9.17, 15) is 61.0 Å². The fraction of sp³-hybridized carbons (Fsp3) is 0.480. The van der Waals surface area contributed by atoms with Crippen LogP contribution in [0.4, 0.5) is 0 Å². The summed E-state index contributed by atoms with van der Waals surface area (Å²) in [5.74, 6) is -3.77. The third-order valence-corrected chi connectivity index (χ3v) is 7.12. The van der Waals surface area contributed by atoms with Gasteiger partial charge in [-0.2, -0.15) is 4.89 Å². The lowest BCUT2D eigenvalue weighted by atomic mass is 9.99. The van der Waals surface area contributed by atoms with E-state index in [1.54, 1.807) is 0 Å². The van der Waals surface area contributed by atoms with E-state index in [-0.39, 0.29) is 16.6 Å². The van der Waals surface area contributed by atoms with E-state index in [1.807, 2.05) is 0 Å². The topological polar surface area (TPSA) is 299 Å². The van der Waals surface area contributed by atoms with Gasteiger partial charge in [0.1, 0.15) is 65.4 Å². The Morgan fingerprint density at radius 3 is 1.86 bits per heavy atom. The molecule has 2 aliphatic heterocycles. The van der Waals surface area contributed by atoms with Crippen LogP contribution in [0, 0.1) is 0 Å². The zero-order chi connectivity index (χ0) is 31.3. The molecular formula is C25H28O18. The molecule has 2 fully saturated rings. The van der Waals surface area contributed by atoms with Crippen molar-refractivity contribution in [1.29, 1.82) is 0 Å². The lowest BCUT2D eigenvalue weighted by Gasteiger charge is -2.39. The number of fused-ring (bicyclic) bond motifs is 2. The lowest BCUT2D eigenvalue weighted by Crippen LogP contribution is -2.60. The molecule has 18 heteroatoms. The second kappa shape index (κ2) is 11.9. The van der Waals surface area contributed by atoms with Crippen molar-refractivity contribution >= 4 is 21.9 Å². The van der Waals surface area contributed by atoms with E-state index in [0.29, 0.717) is 0 Å².